The summed E-state index contributed by atoms with van der Waals surface area (Å²) in [5.41, 5.74) is 0.514. The van der Waals surface area contributed by atoms with Crippen molar-refractivity contribution in [3.63, 3.8) is 0 Å². The van der Waals surface area contributed by atoms with Gasteiger partial charge in [0.15, 0.2) is 0 Å². The van der Waals surface area contributed by atoms with Gasteiger partial charge in [0.25, 0.3) is 5.91 Å². The van der Waals surface area contributed by atoms with Crippen LogP contribution in [0.1, 0.15) is 30.0 Å². The quantitative estimate of drug-likeness (QED) is 0.293. The number of hydrogen-bond donors (Lipinski definition) is 2. The molecule has 1 spiro atoms. The number of nitrogens with one attached hydrogen (secondary N) is 1. The number of fused-ring (bicyclic) bond motifs is 2. The molecule has 4 aliphatic heterocycles. The number of rotatable bonds is 6. The second-order valence-electron chi connectivity index (χ2n) is 13.0. The van der Waals surface area contributed by atoms with Crippen LogP contribution in [0.3, 0.4) is 0 Å². The molecule has 0 saturated carbocycles. The van der Waals surface area contributed by atoms with Crippen LogP contribution in [0.25, 0.3) is 0 Å². The van der Waals surface area contributed by atoms with Crippen molar-refractivity contribution in [1.29, 1.82) is 0 Å². The van der Waals surface area contributed by atoms with E-state index < -0.39 is 72.0 Å². The highest BCUT2D eigenvalue weighted by Gasteiger charge is 2.72. The van der Waals surface area contributed by atoms with Gasteiger partial charge in [-0.3, -0.25) is 19.2 Å². The maximum absolute atomic E-state index is 15.0. The van der Waals surface area contributed by atoms with Crippen LogP contribution in [0.2, 0.25) is 5.02 Å². The van der Waals surface area contributed by atoms with Gasteiger partial charge in [0, 0.05) is 13.0 Å². The Bertz CT molecular complexity index is 1820. The Morgan fingerprint density at radius 2 is 1.64 bits per heavy atom. The number of ether oxygens (including phenoxy) is 2. The summed E-state index contributed by atoms with van der Waals surface area (Å²) in [5.74, 6) is -3.94. The molecule has 0 bridgehead atoms. The van der Waals surface area contributed by atoms with Crippen LogP contribution in [0.4, 0.5) is 5.69 Å². The molecule has 2 saturated heterocycles. The van der Waals surface area contributed by atoms with E-state index in [1.165, 1.54) is 9.80 Å². The van der Waals surface area contributed by atoms with E-state index in [1.54, 1.807) is 48.6 Å². The maximum atomic E-state index is 15.0. The lowest BCUT2D eigenvalue weighted by molar-refractivity contribution is -0.146. The second-order valence-corrected chi connectivity index (χ2v) is 13.4. The standard InChI is InChI=1S/C39H38ClN3O7/c40-28-16-7-8-17-30(28)42-21-11-20-39-34(37(47)43(35(39)38(42)48)27(23-44)22-25-12-3-1-4-13-25)33-31(50-39)18-9-10-19-32(45)49-24-29(41-36(33)46)26-14-5-2-6-15-26/h1-9,11-18,20,27,29,31,33-35,44H,10,19,21-24H2,(H,41,46)/b18-9-/t27-,29+,31-,33+,34+,35-,39+/m1/s1. The number of benzene rings is 3. The number of likely N-dealkylation sites (tertiary alicyclic amines) is 1. The fraction of sp³-hybridized carbons (Fsp3) is 0.333. The average Bonchev–Trinajstić information content (AvgIpc) is 3.52. The van der Waals surface area contributed by atoms with Gasteiger partial charge in [0.2, 0.25) is 11.8 Å². The van der Waals surface area contributed by atoms with Gasteiger partial charge in [-0.05, 0) is 36.1 Å². The van der Waals surface area contributed by atoms with Gasteiger partial charge in [-0.15, -0.1) is 0 Å². The van der Waals surface area contributed by atoms with Crippen molar-refractivity contribution in [3.8, 4) is 0 Å². The predicted molar refractivity (Wildman–Crippen MR) is 186 cm³/mol. The first-order valence-corrected chi connectivity index (χ1v) is 17.3. The van der Waals surface area contributed by atoms with Gasteiger partial charge >= 0.3 is 5.97 Å². The zero-order valence-electron chi connectivity index (χ0n) is 27.3. The smallest absolute Gasteiger partial charge is 0.306 e. The molecule has 0 radical (unpaired) electrons. The summed E-state index contributed by atoms with van der Waals surface area (Å²) in [6.07, 6.45) is 6.82. The van der Waals surface area contributed by atoms with Crippen molar-refractivity contribution in [2.45, 2.75) is 49.1 Å². The van der Waals surface area contributed by atoms with Gasteiger partial charge < -0.3 is 29.7 Å². The molecule has 4 heterocycles. The number of allylic oxidation sites excluding steroid dienone is 1. The SMILES string of the molecule is O=C1CC/C=C\[C@H]2O[C@]34C=CCN(c5ccccc5Cl)C(=O)[C@H]3N([C@@H](CO)Cc3ccccc3)C(=O)[C@@H]4[C@H]2C(=O)N[C@H](c2ccccc2)CO1. The summed E-state index contributed by atoms with van der Waals surface area (Å²) in [6, 6.07) is 22.9. The van der Waals surface area contributed by atoms with Crippen LogP contribution in [0.15, 0.2) is 109 Å². The van der Waals surface area contributed by atoms with E-state index in [9.17, 15) is 19.5 Å². The van der Waals surface area contributed by atoms with E-state index in [0.29, 0.717) is 17.1 Å². The van der Waals surface area contributed by atoms with Crippen molar-refractivity contribution < 1.29 is 33.8 Å². The Hall–Kier alpha value is -4.77. The highest BCUT2D eigenvalue weighted by Crippen LogP contribution is 2.54. The third-order valence-electron chi connectivity index (χ3n) is 10.1. The molecule has 4 aliphatic rings. The summed E-state index contributed by atoms with van der Waals surface area (Å²) < 4.78 is 12.4. The number of carbonyl (C=O) groups is 4. The summed E-state index contributed by atoms with van der Waals surface area (Å²) in [6.45, 7) is -0.372. The van der Waals surface area contributed by atoms with E-state index in [-0.39, 0.29) is 26.0 Å². The number of anilines is 1. The molecule has 0 unspecified atom stereocenters. The van der Waals surface area contributed by atoms with Crippen molar-refractivity contribution in [2.75, 3.05) is 24.7 Å². The molecule has 2 N–H and O–H groups in total. The first kappa shape index (κ1) is 33.7. The van der Waals surface area contributed by atoms with Crippen LogP contribution in [0, 0.1) is 11.8 Å². The van der Waals surface area contributed by atoms with Gasteiger partial charge in [0.1, 0.15) is 18.2 Å². The van der Waals surface area contributed by atoms with Crippen LogP contribution >= 0.6 is 11.6 Å². The normalized spacial score (nSPS) is 29.4. The largest absolute Gasteiger partial charge is 0.463 e. The van der Waals surface area contributed by atoms with Crippen LogP contribution in [0.5, 0.6) is 0 Å². The lowest BCUT2D eigenvalue weighted by atomic mass is 9.77. The van der Waals surface area contributed by atoms with Crippen molar-refractivity contribution >= 4 is 41.0 Å². The zero-order valence-corrected chi connectivity index (χ0v) is 28.0. The van der Waals surface area contributed by atoms with Gasteiger partial charge in [-0.1, -0.05) is 109 Å². The first-order chi connectivity index (χ1) is 24.3. The monoisotopic (exact) mass is 695 g/mol. The fourth-order valence-corrected chi connectivity index (χ4v) is 8.03. The maximum Gasteiger partial charge on any atom is 0.306 e. The van der Waals surface area contributed by atoms with Crippen LogP contribution in [-0.2, 0) is 35.1 Å². The topological polar surface area (TPSA) is 125 Å². The number of halogens is 1. The number of carbonyl (C=O) groups excluding carboxylic acids is 4. The molecule has 10 nitrogen and oxygen atoms in total. The second kappa shape index (κ2) is 14.2. The fourth-order valence-electron chi connectivity index (χ4n) is 7.79. The highest BCUT2D eigenvalue weighted by atomic mass is 35.5. The Labute approximate surface area is 295 Å². The van der Waals surface area contributed by atoms with Gasteiger partial charge in [0.05, 0.1) is 47.3 Å². The molecule has 2 fully saturated rings. The third-order valence-corrected chi connectivity index (χ3v) is 10.4. The van der Waals surface area contributed by atoms with E-state index in [4.69, 9.17) is 21.1 Å². The summed E-state index contributed by atoms with van der Waals surface area (Å²) in [7, 11) is 0. The van der Waals surface area contributed by atoms with Crippen molar-refractivity contribution in [3.05, 3.63) is 125 Å². The van der Waals surface area contributed by atoms with Crippen molar-refractivity contribution in [1.82, 2.24) is 10.2 Å². The number of cyclic esters (lactones) is 1. The minimum Gasteiger partial charge on any atom is -0.463 e. The molecule has 258 valence electrons. The summed E-state index contributed by atoms with van der Waals surface area (Å²) in [5, 5.41) is 14.3. The molecular formula is C39H38ClN3O7. The molecule has 7 atom stereocenters. The van der Waals surface area contributed by atoms with E-state index in [1.807, 2.05) is 60.7 Å². The van der Waals surface area contributed by atoms with Crippen LogP contribution in [-0.4, -0.2) is 77.2 Å². The molecule has 50 heavy (non-hydrogen) atoms. The minimum absolute atomic E-state index is 0.0934. The Kier molecular flexibility index (Phi) is 9.59. The zero-order chi connectivity index (χ0) is 34.8. The summed E-state index contributed by atoms with van der Waals surface area (Å²) >= 11 is 6.61. The number of nitrogens with zero attached hydrogens (tertiary/aromatic N) is 2. The average molecular weight is 696 g/mol. The first-order valence-electron chi connectivity index (χ1n) is 16.9. The molecular weight excluding hydrogens is 658 g/mol. The lowest BCUT2D eigenvalue weighted by Crippen LogP contribution is -2.58. The number of esters is 1. The predicted octanol–water partition coefficient (Wildman–Crippen LogP) is 4.18. The van der Waals surface area contributed by atoms with Crippen LogP contribution < -0.4 is 10.2 Å². The number of para-hydroxylation sites is 1. The molecule has 3 aromatic rings. The molecule has 0 aliphatic carbocycles. The molecule has 7 rings (SSSR count). The number of aliphatic hydroxyl groups is 1. The van der Waals surface area contributed by atoms with Gasteiger partial charge in [-0.2, -0.15) is 0 Å². The summed E-state index contributed by atoms with van der Waals surface area (Å²) in [4.78, 5) is 60.0. The lowest BCUT2D eigenvalue weighted by Gasteiger charge is -2.38. The number of amides is 3. The molecule has 3 amide bonds. The van der Waals surface area contributed by atoms with E-state index >= 15 is 4.79 Å². The molecule has 11 heteroatoms. The van der Waals surface area contributed by atoms with Gasteiger partial charge in [-0.25, -0.2) is 0 Å². The Balaban J connectivity index is 1.34. The number of aliphatic hydroxyl groups excluding tert-OH is 1. The Morgan fingerprint density at radius 3 is 2.38 bits per heavy atom. The third kappa shape index (κ3) is 6.12. The number of hydrogen-bond acceptors (Lipinski definition) is 7. The minimum atomic E-state index is -1.56. The Morgan fingerprint density at radius 1 is 0.920 bits per heavy atom. The highest BCUT2D eigenvalue weighted by molar-refractivity contribution is 6.34. The van der Waals surface area contributed by atoms with E-state index in [2.05, 4.69) is 5.32 Å². The van der Waals surface area contributed by atoms with E-state index in [0.717, 1.165) is 11.1 Å². The molecule has 0 aromatic heterocycles. The van der Waals surface area contributed by atoms with Crippen molar-refractivity contribution in [2.24, 2.45) is 11.8 Å². The molecule has 3 aromatic carbocycles.